The highest BCUT2D eigenvalue weighted by Crippen LogP contribution is 2.20. The Bertz CT molecular complexity index is 1400. The van der Waals surface area contributed by atoms with Crippen LogP contribution in [-0.4, -0.2) is 42.1 Å². The van der Waals surface area contributed by atoms with E-state index in [1.165, 1.54) is 25.5 Å². The molecule has 0 unspecified atom stereocenters. The molecule has 0 atom stereocenters. The van der Waals surface area contributed by atoms with Gasteiger partial charge in [-0.1, -0.05) is 18.2 Å². The lowest BCUT2D eigenvalue weighted by Gasteiger charge is -2.10. The van der Waals surface area contributed by atoms with Gasteiger partial charge in [0.05, 0.1) is 5.25 Å². The number of carbonyl (C=O) groups excluding carboxylic acids is 1. The predicted molar refractivity (Wildman–Crippen MR) is 138 cm³/mol. The first-order chi connectivity index (χ1) is 17.1. The van der Waals surface area contributed by atoms with E-state index in [1.54, 1.807) is 24.3 Å². The van der Waals surface area contributed by atoms with E-state index in [4.69, 9.17) is 9.47 Å². The van der Waals surface area contributed by atoms with Gasteiger partial charge < -0.3 is 9.47 Å². The normalized spacial score (nSPS) is 11.7. The van der Waals surface area contributed by atoms with Gasteiger partial charge >= 0.3 is 0 Å². The molecule has 0 saturated carbocycles. The summed E-state index contributed by atoms with van der Waals surface area (Å²) < 4.78 is 39.5. The van der Waals surface area contributed by atoms with Crippen LogP contribution in [0.1, 0.15) is 30.5 Å². The van der Waals surface area contributed by atoms with Crippen LogP contribution in [0.5, 0.6) is 11.5 Å². The van der Waals surface area contributed by atoms with E-state index in [0.29, 0.717) is 24.5 Å². The number of aryl methyl sites for hydroxylation is 2. The molecular formula is C25H26N4O5S2. The fourth-order valence-corrected chi connectivity index (χ4v) is 4.55. The maximum atomic E-state index is 12.5. The van der Waals surface area contributed by atoms with Crippen molar-refractivity contribution in [3.8, 4) is 17.6 Å². The van der Waals surface area contributed by atoms with E-state index in [1.807, 2.05) is 38.1 Å². The van der Waals surface area contributed by atoms with Crippen LogP contribution < -0.4 is 14.8 Å². The minimum Gasteiger partial charge on any atom is -0.490 e. The highest BCUT2D eigenvalue weighted by Gasteiger charge is 2.25. The number of nitriles is 1. The Morgan fingerprint density at radius 1 is 1.08 bits per heavy atom. The molecule has 0 fully saturated rings. The van der Waals surface area contributed by atoms with Crippen LogP contribution in [0.4, 0.5) is 5.13 Å². The number of hydrogen-bond acceptors (Lipinski definition) is 9. The van der Waals surface area contributed by atoms with Crippen molar-refractivity contribution >= 4 is 38.5 Å². The number of benzene rings is 2. The van der Waals surface area contributed by atoms with E-state index in [9.17, 15) is 18.5 Å². The summed E-state index contributed by atoms with van der Waals surface area (Å²) in [5, 5.41) is 10.8. The third-order valence-electron chi connectivity index (χ3n) is 5.16. The average Bonchev–Trinajstić information content (AvgIpc) is 3.32. The van der Waals surface area contributed by atoms with Gasteiger partial charge in [-0.25, -0.2) is 8.42 Å². The largest absolute Gasteiger partial charge is 0.490 e. The Kier molecular flexibility index (Phi) is 8.79. The topological polar surface area (TPSA) is 131 Å². The zero-order chi connectivity index (χ0) is 26.3. The molecule has 1 heterocycles. The molecule has 1 amide bonds. The summed E-state index contributed by atoms with van der Waals surface area (Å²) in [5.41, 5.74) is 2.81. The van der Waals surface area contributed by atoms with E-state index < -0.39 is 21.0 Å². The second-order valence-corrected chi connectivity index (χ2v) is 11.3. The number of sulfone groups is 1. The molecule has 0 aliphatic rings. The number of amides is 1. The molecule has 9 nitrogen and oxygen atoms in total. The molecule has 2 aromatic carbocycles. The molecule has 0 aliphatic heterocycles. The number of nitrogens with one attached hydrogen (secondary N) is 1. The van der Waals surface area contributed by atoms with Crippen molar-refractivity contribution in [1.29, 1.82) is 5.26 Å². The SMILES string of the molecule is Cc1ccc(OCCOc2ccc(/C=C(/C#N)C(=O)Nc3nc(S(=O)(=O)C(C)C)ns3)cc2)cc1C. The monoisotopic (exact) mass is 526 g/mol. The fourth-order valence-electron chi connectivity index (χ4n) is 2.85. The molecular weight excluding hydrogens is 500 g/mol. The number of aromatic nitrogens is 2. The van der Waals surface area contributed by atoms with Gasteiger partial charge in [-0.3, -0.25) is 10.1 Å². The molecule has 0 bridgehead atoms. The van der Waals surface area contributed by atoms with Crippen molar-refractivity contribution in [3.63, 3.8) is 0 Å². The summed E-state index contributed by atoms with van der Waals surface area (Å²) in [6.45, 7) is 7.84. The molecule has 36 heavy (non-hydrogen) atoms. The molecule has 3 aromatic rings. The van der Waals surface area contributed by atoms with Crippen LogP contribution in [0.25, 0.3) is 6.08 Å². The second kappa shape index (κ2) is 11.8. The van der Waals surface area contributed by atoms with Crippen molar-refractivity contribution in [1.82, 2.24) is 9.36 Å². The van der Waals surface area contributed by atoms with Crippen LogP contribution >= 0.6 is 11.5 Å². The molecule has 0 spiro atoms. The summed E-state index contributed by atoms with van der Waals surface area (Å²) in [6.07, 6.45) is 1.41. The van der Waals surface area contributed by atoms with Gasteiger partial charge in [0, 0.05) is 11.5 Å². The van der Waals surface area contributed by atoms with Crippen LogP contribution in [0, 0.1) is 25.2 Å². The van der Waals surface area contributed by atoms with Crippen LogP contribution in [-0.2, 0) is 14.6 Å². The molecule has 1 N–H and O–H groups in total. The highest BCUT2D eigenvalue weighted by molar-refractivity contribution is 7.91. The number of rotatable bonds is 10. The first-order valence-electron chi connectivity index (χ1n) is 11.0. The van der Waals surface area contributed by atoms with Gasteiger partial charge in [-0.2, -0.15) is 14.6 Å². The van der Waals surface area contributed by atoms with Crippen LogP contribution in [0.15, 0.2) is 53.2 Å². The molecule has 0 saturated heterocycles. The standard InChI is InChI=1S/C25H26N4O5S2/c1-16(2)36(31,32)25-28-24(35-29-25)27-23(30)20(15-26)14-19-6-9-21(10-7-19)33-11-12-34-22-8-5-17(3)18(4)13-22/h5-10,13-14,16H,11-12H2,1-4H3,(H,27,28,29,30)/b20-14-. The maximum Gasteiger partial charge on any atom is 0.268 e. The van der Waals surface area contributed by atoms with E-state index >= 15 is 0 Å². The number of carbonyl (C=O) groups is 1. The molecule has 11 heteroatoms. The van der Waals surface area contributed by atoms with Crippen molar-refractivity contribution in [2.75, 3.05) is 18.5 Å². The van der Waals surface area contributed by atoms with E-state index in [2.05, 4.69) is 14.7 Å². The minimum absolute atomic E-state index is 0.00728. The smallest absolute Gasteiger partial charge is 0.268 e. The maximum absolute atomic E-state index is 12.5. The third kappa shape index (κ3) is 6.90. The number of nitrogens with zero attached hydrogens (tertiary/aromatic N) is 3. The summed E-state index contributed by atoms with van der Waals surface area (Å²) in [5.74, 6) is 0.688. The first-order valence-corrected chi connectivity index (χ1v) is 13.4. The summed E-state index contributed by atoms with van der Waals surface area (Å²) in [4.78, 5) is 16.4. The number of anilines is 1. The zero-order valence-corrected chi connectivity index (χ0v) is 21.9. The van der Waals surface area contributed by atoms with Crippen molar-refractivity contribution < 1.29 is 22.7 Å². The molecule has 188 valence electrons. The molecule has 0 radical (unpaired) electrons. The highest BCUT2D eigenvalue weighted by atomic mass is 32.2. The second-order valence-electron chi connectivity index (χ2n) is 8.11. The number of ether oxygens (including phenoxy) is 2. The lowest BCUT2D eigenvalue weighted by atomic mass is 10.1. The lowest BCUT2D eigenvalue weighted by Crippen LogP contribution is -2.16. The third-order valence-corrected chi connectivity index (χ3v) is 7.84. The van der Waals surface area contributed by atoms with E-state index in [0.717, 1.165) is 22.8 Å². The summed E-state index contributed by atoms with van der Waals surface area (Å²) in [7, 11) is -3.66. The van der Waals surface area contributed by atoms with Crippen LogP contribution in [0.2, 0.25) is 0 Å². The average molecular weight is 527 g/mol. The fraction of sp³-hybridized carbons (Fsp3) is 0.280. The summed E-state index contributed by atoms with van der Waals surface area (Å²) >= 11 is 0.732. The Labute approximate surface area is 214 Å². The van der Waals surface area contributed by atoms with Crippen molar-refractivity contribution in [2.24, 2.45) is 0 Å². The van der Waals surface area contributed by atoms with Gasteiger partial charge in [0.25, 0.3) is 11.1 Å². The van der Waals surface area contributed by atoms with Crippen molar-refractivity contribution in [2.45, 2.75) is 38.1 Å². The predicted octanol–water partition coefficient (Wildman–Crippen LogP) is 4.34. The van der Waals surface area contributed by atoms with Crippen molar-refractivity contribution in [3.05, 3.63) is 64.7 Å². The van der Waals surface area contributed by atoms with Gasteiger partial charge in [0.1, 0.15) is 36.4 Å². The van der Waals surface area contributed by atoms with E-state index in [-0.39, 0.29) is 15.9 Å². The van der Waals surface area contributed by atoms with Crippen LogP contribution in [0.3, 0.4) is 0 Å². The Hall–Kier alpha value is -3.75. The summed E-state index contributed by atoms with van der Waals surface area (Å²) in [6, 6.07) is 14.6. The molecule has 1 aromatic heterocycles. The van der Waals surface area contributed by atoms with Gasteiger partial charge in [0.2, 0.25) is 15.0 Å². The van der Waals surface area contributed by atoms with Gasteiger partial charge in [-0.15, -0.1) is 0 Å². The Morgan fingerprint density at radius 2 is 1.72 bits per heavy atom. The minimum atomic E-state index is -3.66. The van der Waals surface area contributed by atoms with Gasteiger partial charge in [0.15, 0.2) is 0 Å². The number of hydrogen-bond donors (Lipinski definition) is 1. The molecule has 3 rings (SSSR count). The Morgan fingerprint density at radius 3 is 2.33 bits per heavy atom. The quantitative estimate of drug-likeness (QED) is 0.234. The Balaban J connectivity index is 1.55. The zero-order valence-electron chi connectivity index (χ0n) is 20.3. The molecule has 0 aliphatic carbocycles. The lowest BCUT2D eigenvalue weighted by molar-refractivity contribution is -0.112. The first kappa shape index (κ1) is 26.8. The van der Waals surface area contributed by atoms with Gasteiger partial charge in [-0.05, 0) is 74.7 Å².